The van der Waals surface area contributed by atoms with E-state index in [1.807, 2.05) is 36.6 Å². The van der Waals surface area contributed by atoms with Crippen LogP contribution in [-0.4, -0.2) is 22.4 Å². The van der Waals surface area contributed by atoms with E-state index in [-0.39, 0.29) is 11.6 Å². The van der Waals surface area contributed by atoms with Gasteiger partial charge in [0.1, 0.15) is 0 Å². The Hall–Kier alpha value is -3.26. The molecule has 144 valence electrons. The normalized spacial score (nSPS) is 10.5. The zero-order chi connectivity index (χ0) is 19.9. The number of hydrogen-bond donors (Lipinski definition) is 2. The summed E-state index contributed by atoms with van der Waals surface area (Å²) in [6.07, 6.45) is 1.03. The molecule has 3 rings (SSSR count). The fraction of sp³-hybridized carbons (Fsp3) is 0.200. The Kier molecular flexibility index (Phi) is 6.33. The average molecular weight is 396 g/mol. The van der Waals surface area contributed by atoms with Crippen LogP contribution in [0.4, 0.5) is 17.1 Å². The molecule has 0 bridgehead atoms. The minimum Gasteiger partial charge on any atom is -0.385 e. The van der Waals surface area contributed by atoms with Gasteiger partial charge in [-0.2, -0.15) is 0 Å². The van der Waals surface area contributed by atoms with Crippen LogP contribution < -0.4 is 10.6 Å². The van der Waals surface area contributed by atoms with E-state index in [2.05, 4.69) is 15.6 Å². The van der Waals surface area contributed by atoms with Crippen LogP contribution in [0, 0.1) is 17.0 Å². The van der Waals surface area contributed by atoms with E-state index in [0.717, 1.165) is 27.6 Å². The number of non-ortho nitro benzene ring substituents is 1. The zero-order valence-corrected chi connectivity index (χ0v) is 16.2. The van der Waals surface area contributed by atoms with Crippen LogP contribution in [0.1, 0.15) is 17.8 Å². The molecule has 0 saturated carbocycles. The second kappa shape index (κ2) is 9.09. The number of aromatic nitrogens is 1. The fourth-order valence-electron chi connectivity index (χ4n) is 2.63. The quantitative estimate of drug-likeness (QED) is 0.322. The summed E-state index contributed by atoms with van der Waals surface area (Å²) in [6, 6.07) is 13.8. The molecule has 1 aromatic heterocycles. The minimum absolute atomic E-state index is 0.0530. The molecule has 28 heavy (non-hydrogen) atoms. The molecule has 2 aromatic carbocycles. The van der Waals surface area contributed by atoms with Crippen molar-refractivity contribution < 1.29 is 9.72 Å². The topological polar surface area (TPSA) is 97.2 Å². The summed E-state index contributed by atoms with van der Waals surface area (Å²) in [5, 5.41) is 19.7. The molecule has 0 atom stereocenters. The summed E-state index contributed by atoms with van der Waals surface area (Å²) >= 11 is 1.61. The van der Waals surface area contributed by atoms with Crippen LogP contribution in [0.5, 0.6) is 0 Å². The highest BCUT2D eigenvalue weighted by Crippen LogP contribution is 2.23. The maximum absolute atomic E-state index is 12.1. The molecular formula is C20H20N4O3S. The van der Waals surface area contributed by atoms with E-state index in [0.29, 0.717) is 19.4 Å². The number of benzene rings is 2. The minimum atomic E-state index is -0.432. The highest BCUT2D eigenvalue weighted by atomic mass is 32.1. The Morgan fingerprint density at radius 2 is 1.79 bits per heavy atom. The number of rotatable bonds is 8. The molecule has 0 radical (unpaired) electrons. The Morgan fingerprint density at radius 1 is 1.11 bits per heavy atom. The number of carbonyl (C=O) groups excluding carboxylic acids is 1. The monoisotopic (exact) mass is 396 g/mol. The van der Waals surface area contributed by atoms with Crippen LogP contribution in [0.15, 0.2) is 53.9 Å². The Balaban J connectivity index is 1.41. The lowest BCUT2D eigenvalue weighted by Gasteiger charge is -2.08. The van der Waals surface area contributed by atoms with Crippen molar-refractivity contribution in [2.24, 2.45) is 0 Å². The van der Waals surface area contributed by atoms with Gasteiger partial charge < -0.3 is 10.6 Å². The lowest BCUT2D eigenvalue weighted by atomic mass is 10.1. The van der Waals surface area contributed by atoms with Gasteiger partial charge in [-0.1, -0.05) is 12.1 Å². The predicted molar refractivity (Wildman–Crippen MR) is 112 cm³/mol. The maximum atomic E-state index is 12.1. The number of aryl methyl sites for hydroxylation is 1. The van der Waals surface area contributed by atoms with Crippen molar-refractivity contribution in [1.29, 1.82) is 0 Å². The molecule has 0 spiro atoms. The largest absolute Gasteiger partial charge is 0.385 e. The van der Waals surface area contributed by atoms with Crippen LogP contribution in [0.3, 0.4) is 0 Å². The summed E-state index contributed by atoms with van der Waals surface area (Å²) in [6.45, 7) is 2.58. The molecule has 0 aliphatic carbocycles. The Labute approximate surface area is 166 Å². The van der Waals surface area contributed by atoms with Crippen molar-refractivity contribution in [2.75, 3.05) is 17.2 Å². The molecule has 3 aromatic rings. The molecule has 0 unspecified atom stereocenters. The van der Waals surface area contributed by atoms with Crippen LogP contribution in [0.2, 0.25) is 0 Å². The number of carbonyl (C=O) groups is 1. The highest BCUT2D eigenvalue weighted by molar-refractivity contribution is 7.09. The summed E-state index contributed by atoms with van der Waals surface area (Å²) in [5.74, 6) is -0.0530. The molecule has 1 heterocycles. The van der Waals surface area contributed by atoms with Crippen LogP contribution in [0.25, 0.3) is 11.3 Å². The standard InChI is InChI=1S/C20H20N4O3S/c1-14-22-19(13-28-14)15-4-6-17(7-5-15)23-20(25)3-2-12-21-16-8-10-18(11-9-16)24(26)27/h4-11,13,21H,2-3,12H2,1H3,(H,23,25). The number of nitrogens with zero attached hydrogens (tertiary/aromatic N) is 2. The van der Waals surface area contributed by atoms with E-state index >= 15 is 0 Å². The fourth-order valence-corrected chi connectivity index (χ4v) is 3.25. The van der Waals surface area contributed by atoms with Crippen molar-refractivity contribution in [1.82, 2.24) is 4.98 Å². The Morgan fingerprint density at radius 3 is 2.39 bits per heavy atom. The number of anilines is 2. The van der Waals surface area contributed by atoms with E-state index in [1.54, 1.807) is 23.5 Å². The van der Waals surface area contributed by atoms with Gasteiger partial charge in [-0.25, -0.2) is 4.98 Å². The van der Waals surface area contributed by atoms with Gasteiger partial charge >= 0.3 is 0 Å². The van der Waals surface area contributed by atoms with Gasteiger partial charge in [0, 0.05) is 47.4 Å². The molecule has 7 nitrogen and oxygen atoms in total. The number of hydrogen-bond acceptors (Lipinski definition) is 6. The Bertz CT molecular complexity index is 952. The second-order valence-electron chi connectivity index (χ2n) is 6.21. The third-order valence-electron chi connectivity index (χ3n) is 4.07. The molecular weight excluding hydrogens is 376 g/mol. The number of nitrogens with one attached hydrogen (secondary N) is 2. The smallest absolute Gasteiger partial charge is 0.269 e. The number of nitro benzene ring substituents is 1. The first-order chi connectivity index (χ1) is 13.5. The highest BCUT2D eigenvalue weighted by Gasteiger charge is 2.06. The lowest BCUT2D eigenvalue weighted by Crippen LogP contribution is -2.13. The third-order valence-corrected chi connectivity index (χ3v) is 4.84. The van der Waals surface area contributed by atoms with Crippen molar-refractivity contribution in [3.8, 4) is 11.3 Å². The summed E-state index contributed by atoms with van der Waals surface area (Å²) in [5.41, 5.74) is 3.57. The zero-order valence-electron chi connectivity index (χ0n) is 15.3. The summed E-state index contributed by atoms with van der Waals surface area (Å²) < 4.78 is 0. The SMILES string of the molecule is Cc1nc(-c2ccc(NC(=O)CCCNc3ccc([N+](=O)[O-])cc3)cc2)cs1. The van der Waals surface area contributed by atoms with Gasteiger partial charge in [0.15, 0.2) is 0 Å². The molecule has 0 fully saturated rings. The third kappa shape index (κ3) is 5.37. The van der Waals surface area contributed by atoms with E-state index in [9.17, 15) is 14.9 Å². The van der Waals surface area contributed by atoms with E-state index < -0.39 is 4.92 Å². The predicted octanol–water partition coefficient (Wildman–Crippen LogP) is 4.86. The van der Waals surface area contributed by atoms with E-state index in [1.165, 1.54) is 12.1 Å². The molecule has 8 heteroatoms. The van der Waals surface area contributed by atoms with Gasteiger partial charge in [-0.3, -0.25) is 14.9 Å². The van der Waals surface area contributed by atoms with E-state index in [4.69, 9.17) is 0 Å². The van der Waals surface area contributed by atoms with Crippen molar-refractivity contribution in [3.63, 3.8) is 0 Å². The molecule has 0 saturated heterocycles. The molecule has 0 aliphatic heterocycles. The summed E-state index contributed by atoms with van der Waals surface area (Å²) in [7, 11) is 0. The van der Waals surface area contributed by atoms with Gasteiger partial charge in [0.25, 0.3) is 5.69 Å². The average Bonchev–Trinajstić information content (AvgIpc) is 3.12. The summed E-state index contributed by atoms with van der Waals surface area (Å²) in [4.78, 5) is 26.7. The van der Waals surface area contributed by atoms with Crippen LogP contribution in [-0.2, 0) is 4.79 Å². The van der Waals surface area contributed by atoms with Crippen LogP contribution >= 0.6 is 11.3 Å². The number of amides is 1. The maximum Gasteiger partial charge on any atom is 0.269 e. The molecule has 2 N–H and O–H groups in total. The van der Waals surface area contributed by atoms with Gasteiger partial charge in [-0.05, 0) is 37.6 Å². The van der Waals surface area contributed by atoms with Crippen molar-refractivity contribution in [2.45, 2.75) is 19.8 Å². The van der Waals surface area contributed by atoms with Crippen molar-refractivity contribution in [3.05, 3.63) is 69.0 Å². The first kappa shape index (κ1) is 19.5. The van der Waals surface area contributed by atoms with Crippen molar-refractivity contribution >= 4 is 34.3 Å². The molecule has 1 amide bonds. The second-order valence-corrected chi connectivity index (χ2v) is 7.27. The number of nitro groups is 1. The first-order valence-electron chi connectivity index (χ1n) is 8.82. The first-order valence-corrected chi connectivity index (χ1v) is 9.70. The van der Waals surface area contributed by atoms with Gasteiger partial charge in [0.05, 0.1) is 15.6 Å². The van der Waals surface area contributed by atoms with Gasteiger partial charge in [0.2, 0.25) is 5.91 Å². The lowest BCUT2D eigenvalue weighted by molar-refractivity contribution is -0.384. The molecule has 0 aliphatic rings. The number of thiazole rings is 1. The van der Waals surface area contributed by atoms with Gasteiger partial charge in [-0.15, -0.1) is 11.3 Å².